The van der Waals surface area contributed by atoms with Crippen LogP contribution in [0.4, 0.5) is 17.3 Å². The number of piperidine rings is 1. The number of carbonyl (C=O) groups is 2. The monoisotopic (exact) mass is 488 g/mol. The topological polar surface area (TPSA) is 131 Å². The Morgan fingerprint density at radius 3 is 2.56 bits per heavy atom. The highest BCUT2D eigenvalue weighted by molar-refractivity contribution is 5.96. The summed E-state index contributed by atoms with van der Waals surface area (Å²) in [5.41, 5.74) is 8.29. The molecule has 0 radical (unpaired) electrons. The maximum atomic E-state index is 12.9. The second-order valence-corrected chi connectivity index (χ2v) is 9.64. The third-order valence-electron chi connectivity index (χ3n) is 6.95. The molecule has 4 N–H and O–H groups in total. The lowest BCUT2D eigenvalue weighted by atomic mass is 9.99. The molecule has 2 atom stereocenters. The number of primary amides is 1. The first-order chi connectivity index (χ1) is 17.4. The minimum atomic E-state index is -0.663. The number of nitrogens with one attached hydrogen (secondary N) is 2. The van der Waals surface area contributed by atoms with Crippen LogP contribution in [0.25, 0.3) is 0 Å². The first-order valence-electron chi connectivity index (χ1n) is 12.5. The molecule has 188 valence electrons. The van der Waals surface area contributed by atoms with Gasteiger partial charge in [0.2, 0.25) is 0 Å². The highest BCUT2D eigenvalue weighted by Crippen LogP contribution is 2.39. The zero-order valence-electron chi connectivity index (χ0n) is 20.6. The van der Waals surface area contributed by atoms with E-state index >= 15 is 0 Å². The number of hydrogen-bond acceptors (Lipinski definition) is 7. The van der Waals surface area contributed by atoms with Gasteiger partial charge in [-0.25, -0.2) is 9.97 Å². The molecule has 2 aromatic heterocycles. The van der Waals surface area contributed by atoms with Crippen LogP contribution in [0.5, 0.6) is 0 Å². The van der Waals surface area contributed by atoms with E-state index in [1.807, 2.05) is 25.3 Å². The Hall–Kier alpha value is -3.95. The molecule has 1 saturated heterocycles. The van der Waals surface area contributed by atoms with Gasteiger partial charge in [-0.15, -0.1) is 0 Å². The van der Waals surface area contributed by atoms with Crippen LogP contribution in [-0.4, -0.2) is 50.2 Å². The van der Waals surface area contributed by atoms with Crippen LogP contribution in [0.3, 0.4) is 0 Å². The van der Waals surface area contributed by atoms with E-state index in [0.29, 0.717) is 29.5 Å². The highest BCUT2D eigenvalue weighted by atomic mass is 16.2. The highest BCUT2D eigenvalue weighted by Gasteiger charge is 2.29. The summed E-state index contributed by atoms with van der Waals surface area (Å²) in [5, 5.41) is 10.6. The number of aromatic nitrogens is 4. The van der Waals surface area contributed by atoms with Crippen molar-refractivity contribution in [2.75, 3.05) is 16.8 Å². The Labute approximate surface area is 210 Å². The summed E-state index contributed by atoms with van der Waals surface area (Å²) in [7, 11) is 0. The Morgan fingerprint density at radius 2 is 1.89 bits per heavy atom. The van der Waals surface area contributed by atoms with E-state index in [1.165, 1.54) is 18.4 Å². The molecule has 1 saturated carbocycles. The van der Waals surface area contributed by atoms with Crippen molar-refractivity contribution in [1.82, 2.24) is 25.1 Å². The van der Waals surface area contributed by atoms with Gasteiger partial charge < -0.3 is 21.3 Å². The molecule has 10 nitrogen and oxygen atoms in total. The van der Waals surface area contributed by atoms with Gasteiger partial charge in [-0.2, -0.15) is 5.10 Å². The van der Waals surface area contributed by atoms with Crippen molar-refractivity contribution in [1.29, 1.82) is 0 Å². The van der Waals surface area contributed by atoms with Crippen LogP contribution < -0.4 is 21.3 Å². The van der Waals surface area contributed by atoms with Gasteiger partial charge in [0.05, 0.1) is 18.1 Å². The van der Waals surface area contributed by atoms with Crippen LogP contribution in [0.15, 0.2) is 42.9 Å². The summed E-state index contributed by atoms with van der Waals surface area (Å²) >= 11 is 0. The van der Waals surface area contributed by atoms with Crippen LogP contribution in [0.2, 0.25) is 0 Å². The number of rotatable bonds is 8. The second-order valence-electron chi connectivity index (χ2n) is 9.64. The molecule has 3 heterocycles. The molecule has 3 aromatic rings. The number of amides is 2. The molecule has 0 spiro atoms. The zero-order chi connectivity index (χ0) is 25.2. The van der Waals surface area contributed by atoms with Crippen molar-refractivity contribution >= 4 is 29.1 Å². The molecule has 36 heavy (non-hydrogen) atoms. The maximum absolute atomic E-state index is 12.9. The third-order valence-corrected chi connectivity index (χ3v) is 6.95. The standard InChI is InChI=1S/C26H32N8O2/c1-3-33-14-21(12-29-33)30-25-23(24(27)35)28-13-22(32-25)34-15-20(11-4-16(34)2)31-26(36)19-9-7-18(8-10-19)17-5-6-17/h7-10,12-14,16-17,20H,3-6,11,15H2,1-2H3,(H2,27,35)(H,30,32)(H,31,36)/t16-,20+/m0/s1. The quantitative estimate of drug-likeness (QED) is 0.444. The van der Waals surface area contributed by atoms with Gasteiger partial charge in [0, 0.05) is 36.9 Å². The molecule has 1 aliphatic carbocycles. The average molecular weight is 489 g/mol. The van der Waals surface area contributed by atoms with E-state index < -0.39 is 5.91 Å². The van der Waals surface area contributed by atoms with Gasteiger partial charge >= 0.3 is 0 Å². The summed E-state index contributed by atoms with van der Waals surface area (Å²) in [4.78, 5) is 36.0. The minimum Gasteiger partial charge on any atom is -0.364 e. The predicted octanol–water partition coefficient (Wildman–Crippen LogP) is 3.20. The summed E-state index contributed by atoms with van der Waals surface area (Å²) < 4.78 is 1.77. The lowest BCUT2D eigenvalue weighted by Crippen LogP contribution is -2.51. The fourth-order valence-corrected chi connectivity index (χ4v) is 4.66. The summed E-state index contributed by atoms with van der Waals surface area (Å²) in [5.74, 6) is 0.835. The van der Waals surface area contributed by atoms with Crippen molar-refractivity contribution in [2.45, 2.75) is 64.1 Å². The molecule has 2 aliphatic rings. The number of nitrogens with two attached hydrogens (primary N) is 1. The number of carbonyl (C=O) groups excluding carboxylic acids is 2. The fraction of sp³-hybridized carbons (Fsp3) is 0.423. The first-order valence-corrected chi connectivity index (χ1v) is 12.5. The SMILES string of the molecule is CCn1cc(Nc2nc(N3C[C@H](NC(=O)c4ccc(C5CC5)cc4)CC[C@@H]3C)cnc2C(N)=O)cn1. The predicted molar refractivity (Wildman–Crippen MR) is 137 cm³/mol. The van der Waals surface area contributed by atoms with E-state index in [9.17, 15) is 9.59 Å². The summed E-state index contributed by atoms with van der Waals surface area (Å²) in [6, 6.07) is 8.12. The molecule has 2 fully saturated rings. The molecule has 2 amide bonds. The zero-order valence-corrected chi connectivity index (χ0v) is 20.6. The van der Waals surface area contributed by atoms with E-state index in [2.05, 4.69) is 44.7 Å². The van der Waals surface area contributed by atoms with Gasteiger partial charge in [-0.1, -0.05) is 12.1 Å². The number of aryl methyl sites for hydroxylation is 1. The Balaban J connectivity index is 1.31. The van der Waals surface area contributed by atoms with Crippen LogP contribution in [-0.2, 0) is 6.54 Å². The van der Waals surface area contributed by atoms with Crippen molar-refractivity contribution in [2.24, 2.45) is 5.73 Å². The molecule has 1 aromatic carbocycles. The van der Waals surface area contributed by atoms with Gasteiger partial charge in [0.15, 0.2) is 11.5 Å². The summed E-state index contributed by atoms with van der Waals surface area (Å²) in [6.45, 7) is 5.42. The molecule has 10 heteroatoms. The lowest BCUT2D eigenvalue weighted by Gasteiger charge is -2.39. The largest absolute Gasteiger partial charge is 0.364 e. The van der Waals surface area contributed by atoms with E-state index in [4.69, 9.17) is 10.7 Å². The van der Waals surface area contributed by atoms with Crippen molar-refractivity contribution in [3.63, 3.8) is 0 Å². The number of anilines is 3. The van der Waals surface area contributed by atoms with E-state index in [0.717, 1.165) is 19.4 Å². The molecule has 0 unspecified atom stereocenters. The van der Waals surface area contributed by atoms with E-state index in [1.54, 1.807) is 17.1 Å². The van der Waals surface area contributed by atoms with E-state index in [-0.39, 0.29) is 29.5 Å². The van der Waals surface area contributed by atoms with Gasteiger partial charge in [0.1, 0.15) is 5.82 Å². The first kappa shape index (κ1) is 23.8. The van der Waals surface area contributed by atoms with Crippen molar-refractivity contribution in [3.8, 4) is 0 Å². The Kier molecular flexibility index (Phi) is 6.58. The summed E-state index contributed by atoms with van der Waals surface area (Å²) in [6.07, 6.45) is 9.29. The average Bonchev–Trinajstić information content (AvgIpc) is 3.64. The normalized spacial score (nSPS) is 19.7. The molecular formula is C26H32N8O2. The van der Waals surface area contributed by atoms with Gasteiger partial charge in [-0.3, -0.25) is 14.3 Å². The molecule has 5 rings (SSSR count). The Morgan fingerprint density at radius 1 is 1.11 bits per heavy atom. The van der Waals surface area contributed by atoms with Crippen molar-refractivity contribution < 1.29 is 9.59 Å². The molecule has 1 aliphatic heterocycles. The van der Waals surface area contributed by atoms with Crippen LogP contribution in [0, 0.1) is 0 Å². The lowest BCUT2D eigenvalue weighted by molar-refractivity contribution is 0.0930. The number of hydrogen-bond donors (Lipinski definition) is 3. The molecule has 0 bridgehead atoms. The number of benzene rings is 1. The van der Waals surface area contributed by atoms with Crippen LogP contribution >= 0.6 is 0 Å². The minimum absolute atomic E-state index is 0.0337. The number of nitrogens with zero attached hydrogens (tertiary/aromatic N) is 5. The smallest absolute Gasteiger partial charge is 0.271 e. The third kappa shape index (κ3) is 5.17. The van der Waals surface area contributed by atoms with Gasteiger partial charge in [-0.05, 0) is 63.1 Å². The second kappa shape index (κ2) is 9.96. The van der Waals surface area contributed by atoms with Gasteiger partial charge in [0.25, 0.3) is 11.8 Å². The maximum Gasteiger partial charge on any atom is 0.271 e. The van der Waals surface area contributed by atoms with Crippen LogP contribution in [0.1, 0.15) is 71.9 Å². The van der Waals surface area contributed by atoms with Crippen molar-refractivity contribution in [3.05, 3.63) is 59.7 Å². The Bertz CT molecular complexity index is 1250. The fourth-order valence-electron chi connectivity index (χ4n) is 4.66. The molecular weight excluding hydrogens is 456 g/mol.